The molecule has 1 fully saturated rings. The Morgan fingerprint density at radius 2 is 2.00 bits per heavy atom. The summed E-state index contributed by atoms with van der Waals surface area (Å²) in [5.74, 6) is -0.750. The minimum atomic E-state index is -1.07. The largest absolute Gasteiger partial charge is 0.479 e. The van der Waals surface area contributed by atoms with Gasteiger partial charge in [-0.15, -0.1) is 0 Å². The molecule has 0 saturated carbocycles. The molecule has 7 nitrogen and oxygen atoms in total. The van der Waals surface area contributed by atoms with Crippen LogP contribution in [0.25, 0.3) is 0 Å². The number of amides is 3. The summed E-state index contributed by atoms with van der Waals surface area (Å²) in [6, 6.07) is 4.54. The summed E-state index contributed by atoms with van der Waals surface area (Å²) in [6.07, 6.45) is -1.98. The van der Waals surface area contributed by atoms with Crippen LogP contribution in [0.4, 0.5) is 4.79 Å². The number of urea groups is 1. The van der Waals surface area contributed by atoms with Gasteiger partial charge in [-0.05, 0) is 44.5 Å². The Hall–Kier alpha value is -2.28. The molecule has 3 amide bonds. The molecule has 1 aromatic rings. The molecule has 2 rings (SSSR count). The predicted molar refractivity (Wildman–Crippen MR) is 86.9 cm³/mol. The third-order valence-electron chi connectivity index (χ3n) is 3.54. The van der Waals surface area contributed by atoms with Gasteiger partial charge in [0.1, 0.15) is 5.75 Å². The van der Waals surface area contributed by atoms with Gasteiger partial charge in [-0.1, -0.05) is 11.6 Å². The lowest BCUT2D eigenvalue weighted by Gasteiger charge is -2.21. The third-order valence-corrected chi connectivity index (χ3v) is 3.77. The van der Waals surface area contributed by atoms with Crippen molar-refractivity contribution in [1.29, 1.82) is 0 Å². The summed E-state index contributed by atoms with van der Waals surface area (Å²) in [4.78, 5) is 36.7. The first-order valence-electron chi connectivity index (χ1n) is 7.52. The lowest BCUT2D eigenvalue weighted by atomic mass is 10.2. The second-order valence-electron chi connectivity index (χ2n) is 5.47. The van der Waals surface area contributed by atoms with Crippen molar-refractivity contribution in [3.05, 3.63) is 28.8 Å². The molecule has 0 unspecified atom stereocenters. The molecule has 1 N–H and O–H groups in total. The smallest absolute Gasteiger partial charge is 0.347 e. The number of carbonyl (C=O) groups excluding carboxylic acids is 3. The summed E-state index contributed by atoms with van der Waals surface area (Å²) >= 11 is 5.87. The maximum atomic E-state index is 12.1. The number of carbonyl (C=O) groups is 3. The standard InChI is InChI=1S/C16H19ClN2O5/c1-9-8-12(17)4-5-13(9)23-11(3)15(21)24-10(2)14(20)19-7-6-18-16(19)22/h4-5,8,10-11H,6-7H2,1-3H3,(H,18,22)/t10-,11+/m1/s1. The van der Waals surface area contributed by atoms with Crippen LogP contribution in [0.2, 0.25) is 5.02 Å². The zero-order valence-electron chi connectivity index (χ0n) is 13.7. The highest BCUT2D eigenvalue weighted by Crippen LogP contribution is 2.23. The Morgan fingerprint density at radius 1 is 1.29 bits per heavy atom. The number of esters is 1. The van der Waals surface area contributed by atoms with Crippen LogP contribution < -0.4 is 10.1 Å². The van der Waals surface area contributed by atoms with Crippen LogP contribution in [0.15, 0.2) is 18.2 Å². The van der Waals surface area contributed by atoms with Crippen molar-refractivity contribution in [3.8, 4) is 5.75 Å². The molecule has 1 heterocycles. The van der Waals surface area contributed by atoms with E-state index in [0.29, 0.717) is 17.3 Å². The summed E-state index contributed by atoms with van der Waals surface area (Å²) < 4.78 is 10.7. The normalized spacial score (nSPS) is 16.3. The number of halogens is 1. The summed E-state index contributed by atoms with van der Waals surface area (Å²) in [7, 11) is 0. The highest BCUT2D eigenvalue weighted by Gasteiger charge is 2.32. The van der Waals surface area contributed by atoms with Crippen molar-refractivity contribution in [2.24, 2.45) is 0 Å². The van der Waals surface area contributed by atoms with Crippen molar-refractivity contribution in [2.75, 3.05) is 13.1 Å². The van der Waals surface area contributed by atoms with E-state index in [0.717, 1.165) is 10.5 Å². The van der Waals surface area contributed by atoms with Gasteiger partial charge < -0.3 is 14.8 Å². The maximum absolute atomic E-state index is 12.1. The molecule has 1 aromatic carbocycles. The van der Waals surface area contributed by atoms with Crippen LogP contribution >= 0.6 is 11.6 Å². The quantitative estimate of drug-likeness (QED) is 0.816. The van der Waals surface area contributed by atoms with Gasteiger partial charge in [-0.2, -0.15) is 0 Å². The molecule has 1 aliphatic heterocycles. The van der Waals surface area contributed by atoms with Crippen LogP contribution in [0.3, 0.4) is 0 Å². The fourth-order valence-electron chi connectivity index (χ4n) is 2.21. The molecule has 2 atom stereocenters. The Balaban J connectivity index is 1.93. The van der Waals surface area contributed by atoms with Crippen molar-refractivity contribution in [1.82, 2.24) is 10.2 Å². The highest BCUT2D eigenvalue weighted by atomic mass is 35.5. The van der Waals surface area contributed by atoms with Crippen molar-refractivity contribution < 1.29 is 23.9 Å². The Labute approximate surface area is 144 Å². The first-order chi connectivity index (χ1) is 11.3. The van der Waals surface area contributed by atoms with Gasteiger partial charge in [-0.25, -0.2) is 9.59 Å². The first kappa shape index (κ1) is 18.1. The van der Waals surface area contributed by atoms with Crippen LogP contribution in [0.1, 0.15) is 19.4 Å². The number of nitrogens with zero attached hydrogens (tertiary/aromatic N) is 1. The van der Waals surface area contributed by atoms with Gasteiger partial charge in [0.15, 0.2) is 12.2 Å². The van der Waals surface area contributed by atoms with Crippen LogP contribution in [-0.4, -0.2) is 48.1 Å². The molecule has 130 valence electrons. The molecular formula is C16H19ClN2O5. The van der Waals surface area contributed by atoms with Gasteiger partial charge >= 0.3 is 12.0 Å². The average Bonchev–Trinajstić information content (AvgIpc) is 2.95. The number of hydrogen-bond donors (Lipinski definition) is 1. The van der Waals surface area contributed by atoms with E-state index in [4.69, 9.17) is 21.1 Å². The fraction of sp³-hybridized carbons (Fsp3) is 0.438. The number of aryl methyl sites for hydroxylation is 1. The molecule has 1 aliphatic rings. The van der Waals surface area contributed by atoms with E-state index in [2.05, 4.69) is 5.32 Å². The van der Waals surface area contributed by atoms with Gasteiger partial charge in [0, 0.05) is 18.1 Å². The third kappa shape index (κ3) is 4.17. The van der Waals surface area contributed by atoms with E-state index < -0.39 is 30.1 Å². The van der Waals surface area contributed by atoms with E-state index in [1.807, 2.05) is 0 Å². The highest BCUT2D eigenvalue weighted by molar-refractivity contribution is 6.30. The second-order valence-corrected chi connectivity index (χ2v) is 5.91. The van der Waals surface area contributed by atoms with E-state index in [1.54, 1.807) is 25.1 Å². The number of benzene rings is 1. The van der Waals surface area contributed by atoms with E-state index >= 15 is 0 Å². The average molecular weight is 355 g/mol. The number of ether oxygens (including phenoxy) is 2. The Morgan fingerprint density at radius 3 is 2.58 bits per heavy atom. The molecule has 0 aromatic heterocycles. The molecule has 0 radical (unpaired) electrons. The zero-order chi connectivity index (χ0) is 17.9. The Kier molecular flexibility index (Phi) is 5.66. The SMILES string of the molecule is Cc1cc(Cl)ccc1O[C@@H](C)C(=O)O[C@H](C)C(=O)N1CCNC1=O. The minimum absolute atomic E-state index is 0.260. The monoisotopic (exact) mass is 354 g/mol. The maximum Gasteiger partial charge on any atom is 0.347 e. The fourth-order valence-corrected chi connectivity index (χ4v) is 2.43. The van der Waals surface area contributed by atoms with Gasteiger partial charge in [0.05, 0.1) is 0 Å². The van der Waals surface area contributed by atoms with Crippen molar-refractivity contribution in [2.45, 2.75) is 33.0 Å². The van der Waals surface area contributed by atoms with E-state index in [1.165, 1.54) is 13.8 Å². The molecule has 0 aliphatic carbocycles. The predicted octanol–water partition coefficient (Wildman–Crippen LogP) is 1.90. The van der Waals surface area contributed by atoms with Crippen LogP contribution in [0.5, 0.6) is 5.75 Å². The molecule has 8 heteroatoms. The first-order valence-corrected chi connectivity index (χ1v) is 7.90. The lowest BCUT2D eigenvalue weighted by Crippen LogP contribution is -2.43. The number of rotatable bonds is 5. The van der Waals surface area contributed by atoms with Gasteiger partial charge in [0.25, 0.3) is 5.91 Å². The van der Waals surface area contributed by atoms with Gasteiger partial charge in [0.2, 0.25) is 0 Å². The summed E-state index contributed by atoms with van der Waals surface area (Å²) in [5, 5.41) is 3.08. The summed E-state index contributed by atoms with van der Waals surface area (Å²) in [5.41, 5.74) is 0.778. The molecule has 0 spiro atoms. The minimum Gasteiger partial charge on any atom is -0.479 e. The lowest BCUT2D eigenvalue weighted by molar-refractivity contribution is -0.163. The molecule has 24 heavy (non-hydrogen) atoms. The zero-order valence-corrected chi connectivity index (χ0v) is 14.4. The van der Waals surface area contributed by atoms with Gasteiger partial charge in [-0.3, -0.25) is 9.69 Å². The van der Waals surface area contributed by atoms with Crippen LogP contribution in [-0.2, 0) is 14.3 Å². The van der Waals surface area contributed by atoms with Crippen molar-refractivity contribution >= 4 is 29.5 Å². The van der Waals surface area contributed by atoms with Crippen LogP contribution in [0, 0.1) is 6.92 Å². The molecule has 1 saturated heterocycles. The Bertz CT molecular complexity index is 664. The molecule has 0 bridgehead atoms. The van der Waals surface area contributed by atoms with E-state index in [-0.39, 0.29) is 6.54 Å². The number of nitrogens with one attached hydrogen (secondary N) is 1. The summed E-state index contributed by atoms with van der Waals surface area (Å²) in [6.45, 7) is 5.40. The molecular weight excluding hydrogens is 336 g/mol. The second kappa shape index (κ2) is 7.53. The topological polar surface area (TPSA) is 84.9 Å². The number of imide groups is 1. The van der Waals surface area contributed by atoms with E-state index in [9.17, 15) is 14.4 Å². The number of hydrogen-bond acceptors (Lipinski definition) is 5. The van der Waals surface area contributed by atoms with Crippen molar-refractivity contribution in [3.63, 3.8) is 0 Å².